The molecule has 0 heterocycles. The Labute approximate surface area is 116 Å². The van der Waals surface area contributed by atoms with Crippen molar-refractivity contribution >= 4 is 23.2 Å². The third kappa shape index (κ3) is 3.39. The van der Waals surface area contributed by atoms with Crippen LogP contribution < -0.4 is 10.5 Å². The molecule has 0 saturated heterocycles. The maximum Gasteiger partial charge on any atom is 0.146 e. The average molecular weight is 282 g/mol. The Hall–Kier alpha value is -1.22. The van der Waals surface area contributed by atoms with Gasteiger partial charge in [-0.1, -0.05) is 29.3 Å². The lowest BCUT2D eigenvalue weighted by Crippen LogP contribution is -2.02. The lowest BCUT2D eigenvalue weighted by molar-refractivity contribution is 0.482. The van der Waals surface area contributed by atoms with Crippen LogP contribution in [0.3, 0.4) is 0 Å². The highest BCUT2D eigenvalue weighted by molar-refractivity contribution is 6.32. The molecule has 0 aliphatic carbocycles. The second-order valence-electron chi connectivity index (χ2n) is 3.86. The molecular weight excluding hydrogens is 269 g/mol. The van der Waals surface area contributed by atoms with Crippen molar-refractivity contribution in [2.75, 3.05) is 6.54 Å². The van der Waals surface area contributed by atoms with Gasteiger partial charge in [-0.15, -0.1) is 0 Å². The van der Waals surface area contributed by atoms with Gasteiger partial charge in [-0.3, -0.25) is 0 Å². The highest BCUT2D eigenvalue weighted by Crippen LogP contribution is 2.30. The molecule has 2 rings (SSSR count). The van der Waals surface area contributed by atoms with Gasteiger partial charge in [-0.25, -0.2) is 0 Å². The number of nitrogens with two attached hydrogens (primary N) is 1. The highest BCUT2D eigenvalue weighted by atomic mass is 35.5. The first-order chi connectivity index (χ1) is 8.69. The zero-order valence-corrected chi connectivity index (χ0v) is 11.2. The van der Waals surface area contributed by atoms with Crippen molar-refractivity contribution in [2.24, 2.45) is 5.73 Å². The summed E-state index contributed by atoms with van der Waals surface area (Å²) in [4.78, 5) is 0. The van der Waals surface area contributed by atoms with E-state index in [1.54, 1.807) is 24.3 Å². The number of hydrogen-bond donors (Lipinski definition) is 1. The molecule has 0 spiro atoms. The molecule has 0 saturated carbocycles. The van der Waals surface area contributed by atoms with Crippen molar-refractivity contribution in [3.8, 4) is 11.5 Å². The predicted molar refractivity (Wildman–Crippen MR) is 75.7 cm³/mol. The summed E-state index contributed by atoms with van der Waals surface area (Å²) in [6.45, 7) is 0.605. The molecule has 0 fully saturated rings. The quantitative estimate of drug-likeness (QED) is 0.908. The van der Waals surface area contributed by atoms with Crippen molar-refractivity contribution in [1.82, 2.24) is 0 Å². The monoisotopic (exact) mass is 281 g/mol. The molecule has 0 aromatic heterocycles. The van der Waals surface area contributed by atoms with E-state index >= 15 is 0 Å². The Morgan fingerprint density at radius 2 is 1.72 bits per heavy atom. The molecule has 0 unspecified atom stereocenters. The summed E-state index contributed by atoms with van der Waals surface area (Å²) >= 11 is 12.0. The van der Waals surface area contributed by atoms with Gasteiger partial charge in [0.25, 0.3) is 0 Å². The molecule has 2 aromatic rings. The van der Waals surface area contributed by atoms with E-state index in [4.69, 9.17) is 33.7 Å². The van der Waals surface area contributed by atoms with Crippen LogP contribution in [0.5, 0.6) is 11.5 Å². The average Bonchev–Trinajstić information content (AvgIpc) is 2.36. The van der Waals surface area contributed by atoms with Crippen LogP contribution in [0.1, 0.15) is 5.56 Å². The first kappa shape index (κ1) is 13.2. The summed E-state index contributed by atoms with van der Waals surface area (Å²) in [5, 5.41) is 1.25. The smallest absolute Gasteiger partial charge is 0.146 e. The number of ether oxygens (including phenoxy) is 1. The maximum atomic E-state index is 6.15. The SMILES string of the molecule is NCCc1ccc(Oc2ccc(Cl)cc2)c(Cl)c1. The summed E-state index contributed by atoms with van der Waals surface area (Å²) in [5.74, 6) is 1.33. The summed E-state index contributed by atoms with van der Waals surface area (Å²) < 4.78 is 5.68. The van der Waals surface area contributed by atoms with Gasteiger partial charge in [-0.05, 0) is 54.9 Å². The fourth-order valence-corrected chi connectivity index (χ4v) is 1.95. The largest absolute Gasteiger partial charge is 0.456 e. The van der Waals surface area contributed by atoms with Crippen LogP contribution >= 0.6 is 23.2 Å². The van der Waals surface area contributed by atoms with E-state index in [9.17, 15) is 0 Å². The van der Waals surface area contributed by atoms with E-state index < -0.39 is 0 Å². The molecule has 0 aliphatic rings. The standard InChI is InChI=1S/C14H13Cl2NO/c15-11-2-4-12(5-3-11)18-14-6-1-10(7-8-17)9-13(14)16/h1-6,9H,7-8,17H2. The Bertz CT molecular complexity index is 526. The van der Waals surface area contributed by atoms with Gasteiger partial charge < -0.3 is 10.5 Å². The van der Waals surface area contributed by atoms with Gasteiger partial charge in [0.1, 0.15) is 11.5 Å². The highest BCUT2D eigenvalue weighted by Gasteiger charge is 2.04. The molecule has 4 heteroatoms. The van der Waals surface area contributed by atoms with E-state index in [1.807, 2.05) is 18.2 Å². The number of halogens is 2. The molecule has 2 N–H and O–H groups in total. The Morgan fingerprint density at radius 3 is 2.33 bits per heavy atom. The fraction of sp³-hybridized carbons (Fsp3) is 0.143. The van der Waals surface area contributed by atoms with Crippen LogP contribution in [0.2, 0.25) is 10.0 Å². The van der Waals surface area contributed by atoms with Gasteiger partial charge >= 0.3 is 0 Å². The van der Waals surface area contributed by atoms with Crippen LogP contribution in [0, 0.1) is 0 Å². The number of hydrogen-bond acceptors (Lipinski definition) is 2. The molecule has 0 atom stereocenters. The van der Waals surface area contributed by atoms with Gasteiger partial charge in [-0.2, -0.15) is 0 Å². The minimum Gasteiger partial charge on any atom is -0.456 e. The van der Waals surface area contributed by atoms with Crippen molar-refractivity contribution in [3.63, 3.8) is 0 Å². The third-order valence-electron chi connectivity index (χ3n) is 2.47. The van der Waals surface area contributed by atoms with E-state index in [2.05, 4.69) is 0 Å². The van der Waals surface area contributed by atoms with E-state index in [-0.39, 0.29) is 0 Å². The first-order valence-electron chi connectivity index (χ1n) is 5.61. The molecular formula is C14H13Cl2NO. The Balaban J connectivity index is 2.16. The van der Waals surface area contributed by atoms with Crippen LogP contribution in [0.15, 0.2) is 42.5 Å². The fourth-order valence-electron chi connectivity index (χ4n) is 1.58. The van der Waals surface area contributed by atoms with Gasteiger partial charge in [0.15, 0.2) is 0 Å². The zero-order chi connectivity index (χ0) is 13.0. The predicted octanol–water partition coefficient (Wildman–Crippen LogP) is 4.29. The molecule has 2 aromatic carbocycles. The summed E-state index contributed by atoms with van der Waals surface area (Å²) in [5.41, 5.74) is 6.60. The van der Waals surface area contributed by atoms with Gasteiger partial charge in [0.2, 0.25) is 0 Å². The first-order valence-corrected chi connectivity index (χ1v) is 6.36. The summed E-state index contributed by atoms with van der Waals surface area (Å²) in [6.07, 6.45) is 0.806. The van der Waals surface area contributed by atoms with Crippen molar-refractivity contribution < 1.29 is 4.74 Å². The van der Waals surface area contributed by atoms with Crippen molar-refractivity contribution in [3.05, 3.63) is 58.1 Å². The molecule has 18 heavy (non-hydrogen) atoms. The summed E-state index contributed by atoms with van der Waals surface area (Å²) in [7, 11) is 0. The molecule has 0 aliphatic heterocycles. The molecule has 0 amide bonds. The van der Waals surface area contributed by atoms with Crippen LogP contribution in [-0.4, -0.2) is 6.54 Å². The summed E-state index contributed by atoms with van der Waals surface area (Å²) in [6, 6.07) is 12.8. The molecule has 0 radical (unpaired) electrons. The van der Waals surface area contributed by atoms with E-state index in [1.165, 1.54) is 0 Å². The van der Waals surface area contributed by atoms with E-state index in [0.29, 0.717) is 28.1 Å². The Morgan fingerprint density at radius 1 is 1.00 bits per heavy atom. The second-order valence-corrected chi connectivity index (χ2v) is 4.70. The number of rotatable bonds is 4. The zero-order valence-electron chi connectivity index (χ0n) is 9.70. The third-order valence-corrected chi connectivity index (χ3v) is 3.02. The van der Waals surface area contributed by atoms with Crippen LogP contribution in [-0.2, 0) is 6.42 Å². The number of benzene rings is 2. The van der Waals surface area contributed by atoms with Gasteiger partial charge in [0.05, 0.1) is 5.02 Å². The lowest BCUT2D eigenvalue weighted by Gasteiger charge is -2.09. The maximum absolute atomic E-state index is 6.15. The van der Waals surface area contributed by atoms with Crippen molar-refractivity contribution in [2.45, 2.75) is 6.42 Å². The Kier molecular flexibility index (Phi) is 4.48. The second kappa shape index (κ2) is 6.10. The molecule has 0 bridgehead atoms. The van der Waals surface area contributed by atoms with Crippen molar-refractivity contribution in [1.29, 1.82) is 0 Å². The topological polar surface area (TPSA) is 35.2 Å². The lowest BCUT2D eigenvalue weighted by atomic mass is 10.1. The van der Waals surface area contributed by atoms with Crippen LogP contribution in [0.4, 0.5) is 0 Å². The minimum absolute atomic E-state index is 0.580. The van der Waals surface area contributed by atoms with E-state index in [0.717, 1.165) is 12.0 Å². The normalized spacial score (nSPS) is 10.4. The van der Waals surface area contributed by atoms with Crippen LogP contribution in [0.25, 0.3) is 0 Å². The van der Waals surface area contributed by atoms with Gasteiger partial charge in [0, 0.05) is 5.02 Å². The minimum atomic E-state index is 0.580. The molecule has 2 nitrogen and oxygen atoms in total. The molecule has 94 valence electrons.